The number of benzene rings is 2. The second kappa shape index (κ2) is 8.58. The Balaban J connectivity index is 1.40. The Kier molecular flexibility index (Phi) is 6.05. The van der Waals surface area contributed by atoms with Crippen molar-refractivity contribution in [2.45, 2.75) is 79.1 Å². The predicted molar refractivity (Wildman–Crippen MR) is 132 cm³/mol. The number of hydrogen-bond acceptors (Lipinski definition) is 0. The van der Waals surface area contributed by atoms with Crippen LogP contribution in [0.2, 0.25) is 0 Å². The van der Waals surface area contributed by atoms with E-state index >= 15 is 0 Å². The van der Waals surface area contributed by atoms with E-state index in [0.29, 0.717) is 11.8 Å². The molecular weight excluding hydrogens is 360 g/mol. The fraction of sp³-hybridized carbons (Fsp3) is 0.400. The summed E-state index contributed by atoms with van der Waals surface area (Å²) in [6.07, 6.45) is 9.71. The third kappa shape index (κ3) is 3.82. The maximum atomic E-state index is 2.42. The second-order valence-electron chi connectivity index (χ2n) is 9.75. The summed E-state index contributed by atoms with van der Waals surface area (Å²) in [7, 11) is 0. The minimum atomic E-state index is 0.577. The van der Waals surface area contributed by atoms with E-state index < -0.39 is 0 Å². The number of unbranched alkanes of at least 4 members (excludes halogenated alkanes) is 1. The Labute approximate surface area is 184 Å². The van der Waals surface area contributed by atoms with Crippen molar-refractivity contribution in [3.05, 3.63) is 92.8 Å². The van der Waals surface area contributed by atoms with Gasteiger partial charge in [0.1, 0.15) is 0 Å². The van der Waals surface area contributed by atoms with Gasteiger partial charge in [-0.25, -0.2) is 0 Å². The molecule has 2 aromatic rings. The predicted octanol–water partition coefficient (Wildman–Crippen LogP) is 8.87. The lowest BCUT2D eigenvalue weighted by atomic mass is 9.86. The summed E-state index contributed by atoms with van der Waals surface area (Å²) in [6, 6.07) is 13.7. The Bertz CT molecular complexity index is 902. The molecule has 0 unspecified atom stereocenters. The monoisotopic (exact) mass is 396 g/mol. The molecular formula is C30H36. The third-order valence-electron chi connectivity index (χ3n) is 6.95. The van der Waals surface area contributed by atoms with Crippen LogP contribution in [0.15, 0.2) is 47.5 Å². The quantitative estimate of drug-likeness (QED) is 0.410. The normalized spacial score (nSPS) is 16.3. The van der Waals surface area contributed by atoms with Crippen LogP contribution in [0.3, 0.4) is 0 Å². The lowest BCUT2D eigenvalue weighted by Gasteiger charge is -2.18. The Morgan fingerprint density at radius 1 is 0.600 bits per heavy atom. The highest BCUT2D eigenvalue weighted by Gasteiger charge is 2.27. The maximum Gasteiger partial charge on any atom is 0.0302 e. The van der Waals surface area contributed by atoms with Gasteiger partial charge in [0, 0.05) is 11.8 Å². The molecule has 0 aromatic heterocycles. The van der Waals surface area contributed by atoms with E-state index in [4.69, 9.17) is 0 Å². The highest BCUT2D eigenvalue weighted by atomic mass is 14.3. The van der Waals surface area contributed by atoms with Gasteiger partial charge in [-0.2, -0.15) is 0 Å². The summed E-state index contributed by atoms with van der Waals surface area (Å²) in [5, 5.41) is 0. The molecule has 0 aliphatic heterocycles. The molecule has 0 saturated heterocycles. The van der Waals surface area contributed by atoms with Crippen molar-refractivity contribution < 1.29 is 0 Å². The molecule has 156 valence electrons. The molecule has 30 heavy (non-hydrogen) atoms. The molecule has 0 heteroatoms. The summed E-state index contributed by atoms with van der Waals surface area (Å²) in [6.45, 7) is 13.8. The minimum Gasteiger partial charge on any atom is -0.0616 e. The van der Waals surface area contributed by atoms with Crippen LogP contribution < -0.4 is 0 Å². The Morgan fingerprint density at radius 3 is 1.37 bits per heavy atom. The molecule has 2 aliphatic carbocycles. The summed E-state index contributed by atoms with van der Waals surface area (Å²) in [5.41, 5.74) is 11.8. The summed E-state index contributed by atoms with van der Waals surface area (Å²) >= 11 is 0. The van der Waals surface area contributed by atoms with Gasteiger partial charge in [0.15, 0.2) is 0 Å². The van der Waals surface area contributed by atoms with Crippen LogP contribution in [0, 0.1) is 11.8 Å². The van der Waals surface area contributed by atoms with Gasteiger partial charge in [-0.05, 0) is 71.9 Å². The molecule has 0 spiro atoms. The fourth-order valence-corrected chi connectivity index (χ4v) is 5.32. The standard InChI is InChI=1S/C30H36/c1-19(2)23-13-9-15-27-25(21(5)17-29(23)27)11-7-8-12-26-22(6)18-30-24(20(3)4)14-10-16-28(26)30/h9-10,13-20H,7-8,11-12H2,1-6H3. The molecule has 0 amide bonds. The Hall–Kier alpha value is -2.08. The summed E-state index contributed by atoms with van der Waals surface area (Å²) < 4.78 is 0. The van der Waals surface area contributed by atoms with Crippen LogP contribution in [-0.4, -0.2) is 0 Å². The van der Waals surface area contributed by atoms with Crippen molar-refractivity contribution in [2.24, 2.45) is 0 Å². The second-order valence-corrected chi connectivity index (χ2v) is 9.75. The lowest BCUT2D eigenvalue weighted by Crippen LogP contribution is -2.03. The van der Waals surface area contributed by atoms with Gasteiger partial charge in [0.25, 0.3) is 0 Å². The van der Waals surface area contributed by atoms with E-state index in [1.54, 1.807) is 11.8 Å². The van der Waals surface area contributed by atoms with Gasteiger partial charge in [-0.3, -0.25) is 0 Å². The van der Waals surface area contributed by atoms with Crippen LogP contribution in [-0.2, 0) is 0 Å². The first kappa shape index (κ1) is 21.2. The fourth-order valence-electron chi connectivity index (χ4n) is 5.32. The van der Waals surface area contributed by atoms with E-state index in [0.717, 1.165) is 0 Å². The first-order valence-electron chi connectivity index (χ1n) is 11.7. The molecule has 0 N–H and O–H groups in total. The number of hydrogen-bond donors (Lipinski definition) is 0. The van der Waals surface area contributed by atoms with Crippen LogP contribution in [0.25, 0.3) is 12.2 Å². The highest BCUT2D eigenvalue weighted by Crippen LogP contribution is 2.44. The molecule has 2 aliphatic rings. The van der Waals surface area contributed by atoms with E-state index in [1.807, 2.05) is 0 Å². The molecule has 0 heterocycles. The SMILES string of the molecule is CC1=Cc2c(cccc2C(C)C)[C]1CCCC[C]1C(C)=Cc2c1cccc2C(C)C. The molecule has 2 aromatic carbocycles. The molecule has 0 saturated carbocycles. The topological polar surface area (TPSA) is 0 Å². The van der Waals surface area contributed by atoms with E-state index in [9.17, 15) is 0 Å². The van der Waals surface area contributed by atoms with Gasteiger partial charge < -0.3 is 0 Å². The zero-order valence-electron chi connectivity index (χ0n) is 19.6. The van der Waals surface area contributed by atoms with Gasteiger partial charge in [-0.1, -0.05) is 100 Å². The summed E-state index contributed by atoms with van der Waals surface area (Å²) in [5.74, 6) is 4.29. The van der Waals surface area contributed by atoms with Crippen molar-refractivity contribution in [2.75, 3.05) is 0 Å². The van der Waals surface area contributed by atoms with Crippen molar-refractivity contribution in [3.8, 4) is 0 Å². The van der Waals surface area contributed by atoms with Crippen molar-refractivity contribution in [3.63, 3.8) is 0 Å². The van der Waals surface area contributed by atoms with E-state index in [1.165, 1.54) is 70.2 Å². The van der Waals surface area contributed by atoms with Gasteiger partial charge >= 0.3 is 0 Å². The molecule has 0 nitrogen and oxygen atoms in total. The first-order chi connectivity index (χ1) is 14.4. The van der Waals surface area contributed by atoms with Gasteiger partial charge in [-0.15, -0.1) is 0 Å². The first-order valence-corrected chi connectivity index (χ1v) is 11.7. The number of rotatable bonds is 7. The smallest absolute Gasteiger partial charge is 0.0302 e. The largest absolute Gasteiger partial charge is 0.0616 e. The number of allylic oxidation sites excluding steroid dienone is 2. The average Bonchev–Trinajstić information content (AvgIpc) is 3.20. The van der Waals surface area contributed by atoms with Crippen LogP contribution in [0.1, 0.15) is 112 Å². The molecule has 4 rings (SSSR count). The van der Waals surface area contributed by atoms with Crippen LogP contribution >= 0.6 is 0 Å². The zero-order chi connectivity index (χ0) is 21.4. The molecule has 0 atom stereocenters. The van der Waals surface area contributed by atoms with Crippen molar-refractivity contribution in [1.29, 1.82) is 0 Å². The van der Waals surface area contributed by atoms with E-state index in [2.05, 4.69) is 90.1 Å². The van der Waals surface area contributed by atoms with Gasteiger partial charge in [0.05, 0.1) is 0 Å². The van der Waals surface area contributed by atoms with Crippen molar-refractivity contribution >= 4 is 12.2 Å². The molecule has 0 fully saturated rings. The number of fused-ring (bicyclic) bond motifs is 2. The molecule has 0 bridgehead atoms. The van der Waals surface area contributed by atoms with Crippen LogP contribution in [0.4, 0.5) is 0 Å². The highest BCUT2D eigenvalue weighted by molar-refractivity contribution is 5.76. The minimum absolute atomic E-state index is 0.577. The average molecular weight is 397 g/mol. The molecule has 2 radical (unpaired) electrons. The Morgan fingerprint density at radius 2 is 1.00 bits per heavy atom. The lowest BCUT2D eigenvalue weighted by molar-refractivity contribution is 0.684. The van der Waals surface area contributed by atoms with Gasteiger partial charge in [0.2, 0.25) is 0 Å². The summed E-state index contributed by atoms with van der Waals surface area (Å²) in [4.78, 5) is 0. The maximum absolute atomic E-state index is 2.42. The third-order valence-corrected chi connectivity index (χ3v) is 6.95. The van der Waals surface area contributed by atoms with E-state index in [-0.39, 0.29) is 0 Å². The van der Waals surface area contributed by atoms with Crippen LogP contribution in [0.5, 0.6) is 0 Å². The van der Waals surface area contributed by atoms with Crippen molar-refractivity contribution in [1.82, 2.24) is 0 Å². The zero-order valence-corrected chi connectivity index (χ0v) is 19.6.